The molecule has 0 saturated carbocycles. The molecule has 0 radical (unpaired) electrons. The minimum absolute atomic E-state index is 0.0277. The number of aliphatic hydroxyl groups is 1. The van der Waals surface area contributed by atoms with Crippen molar-refractivity contribution in [2.24, 2.45) is 17.0 Å². The lowest BCUT2D eigenvalue weighted by Gasteiger charge is -2.46. The lowest BCUT2D eigenvalue weighted by Crippen LogP contribution is -2.63. The Hall–Kier alpha value is -2.16. The molecule has 11 nitrogen and oxygen atoms in total. The molecule has 3 heterocycles. The second-order valence-electron chi connectivity index (χ2n) is 9.39. The van der Waals surface area contributed by atoms with E-state index < -0.39 is 28.2 Å². The molecule has 1 aromatic carbocycles. The number of carboxylic acids is 1. The van der Waals surface area contributed by atoms with E-state index in [1.807, 2.05) is 13.0 Å². The second kappa shape index (κ2) is 9.71. The van der Waals surface area contributed by atoms with E-state index in [2.05, 4.69) is 9.62 Å². The summed E-state index contributed by atoms with van der Waals surface area (Å²) < 4.78 is 25.3. The molecule has 6 N–H and O–H groups in total. The number of aliphatic hydroxyl groups excluding tert-OH is 1. The number of aromatic hydroxyl groups is 1. The van der Waals surface area contributed by atoms with Gasteiger partial charge in [0, 0.05) is 41.7 Å². The van der Waals surface area contributed by atoms with Crippen molar-refractivity contribution in [3.05, 3.63) is 40.4 Å². The van der Waals surface area contributed by atoms with Crippen LogP contribution >= 0.6 is 11.8 Å². The van der Waals surface area contributed by atoms with Gasteiger partial charge >= 0.3 is 5.97 Å². The first-order valence-corrected chi connectivity index (χ1v) is 13.7. The third-order valence-electron chi connectivity index (χ3n) is 6.91. The number of nitrogens with zero attached hydrogens (tertiary/aromatic N) is 2. The molecule has 2 fully saturated rings. The van der Waals surface area contributed by atoms with Crippen LogP contribution in [0, 0.1) is 11.8 Å². The molecule has 35 heavy (non-hydrogen) atoms. The van der Waals surface area contributed by atoms with Crippen LogP contribution in [0.2, 0.25) is 0 Å². The van der Waals surface area contributed by atoms with Crippen molar-refractivity contribution in [3.63, 3.8) is 0 Å². The smallest absolute Gasteiger partial charge is 0.353 e. The fourth-order valence-electron chi connectivity index (χ4n) is 5.39. The molecule has 0 bridgehead atoms. The monoisotopic (exact) mass is 526 g/mol. The zero-order chi connectivity index (χ0) is 25.7. The quantitative estimate of drug-likeness (QED) is 0.278. The number of carbonyl (C=O) groups is 2. The Morgan fingerprint density at radius 1 is 1.37 bits per heavy atom. The highest BCUT2D eigenvalue weighted by Crippen LogP contribution is 2.52. The Morgan fingerprint density at radius 3 is 2.69 bits per heavy atom. The lowest BCUT2D eigenvalue weighted by molar-refractivity contribution is -0.163. The fraction of sp³-hybridized carbons (Fsp3) is 0.545. The molecule has 0 aliphatic carbocycles. The van der Waals surface area contributed by atoms with Crippen LogP contribution in [0.3, 0.4) is 0 Å². The minimum Gasteiger partial charge on any atom is -0.508 e. The van der Waals surface area contributed by atoms with E-state index in [0.717, 1.165) is 5.56 Å². The molecule has 3 aliphatic rings. The highest BCUT2D eigenvalue weighted by Gasteiger charge is 2.60. The third kappa shape index (κ3) is 5.20. The number of carbonyl (C=O) groups excluding carboxylic acids is 1. The van der Waals surface area contributed by atoms with E-state index in [9.17, 15) is 33.3 Å². The number of β-lactam (4-membered cyclic amide) rings is 1. The molecule has 0 unspecified atom stereocenters. The van der Waals surface area contributed by atoms with Gasteiger partial charge in [-0.2, -0.15) is 8.42 Å². The maximum atomic E-state index is 12.6. The van der Waals surface area contributed by atoms with E-state index in [4.69, 9.17) is 5.14 Å². The summed E-state index contributed by atoms with van der Waals surface area (Å²) in [4.78, 5) is 28.7. The van der Waals surface area contributed by atoms with Crippen LogP contribution in [0.4, 0.5) is 0 Å². The molecule has 3 aliphatic heterocycles. The number of phenolic OH excluding ortho intramolecular Hbond substituents is 1. The average molecular weight is 527 g/mol. The Kier molecular flexibility index (Phi) is 7.19. The summed E-state index contributed by atoms with van der Waals surface area (Å²) >= 11 is 1.40. The summed E-state index contributed by atoms with van der Waals surface area (Å²) in [6.45, 7) is 4.50. The Bertz CT molecular complexity index is 1160. The number of benzene rings is 1. The Balaban J connectivity index is 1.55. The van der Waals surface area contributed by atoms with Crippen LogP contribution in [0.15, 0.2) is 34.9 Å². The van der Waals surface area contributed by atoms with Crippen LogP contribution in [-0.2, 0) is 26.3 Å². The van der Waals surface area contributed by atoms with Gasteiger partial charge < -0.3 is 20.2 Å². The first-order valence-electron chi connectivity index (χ1n) is 11.3. The number of nitrogens with one attached hydrogen (secondary N) is 1. The van der Waals surface area contributed by atoms with Crippen LogP contribution in [0.25, 0.3) is 0 Å². The van der Waals surface area contributed by atoms with E-state index in [-0.39, 0.29) is 47.2 Å². The van der Waals surface area contributed by atoms with Crippen LogP contribution < -0.4 is 9.86 Å². The van der Waals surface area contributed by atoms with E-state index in [1.165, 1.54) is 23.6 Å². The summed E-state index contributed by atoms with van der Waals surface area (Å²) in [5.74, 6) is -2.30. The third-order valence-corrected chi connectivity index (χ3v) is 8.97. The maximum absolute atomic E-state index is 12.6. The number of likely N-dealkylation sites (tertiary alicyclic amines) is 1. The summed E-state index contributed by atoms with van der Waals surface area (Å²) in [7, 11) is -3.89. The van der Waals surface area contributed by atoms with Gasteiger partial charge in [0.1, 0.15) is 11.4 Å². The SMILES string of the molecule is C[C@@H](O)[C@H]1C(=O)N2C(C(=O)O)=C(S[C@H]3C[C@@H](CNS(N)(=O)=O)N(Cc4cccc(O)c4)C3)[C@H](C)[C@H]12. The van der Waals surface area contributed by atoms with Gasteiger partial charge in [0.25, 0.3) is 10.2 Å². The number of amides is 1. The van der Waals surface area contributed by atoms with Crippen molar-refractivity contribution in [1.29, 1.82) is 0 Å². The van der Waals surface area contributed by atoms with Crippen molar-refractivity contribution < 1.29 is 33.3 Å². The first kappa shape index (κ1) is 25.9. The van der Waals surface area contributed by atoms with Crippen molar-refractivity contribution in [1.82, 2.24) is 14.5 Å². The van der Waals surface area contributed by atoms with Gasteiger partial charge in [-0.25, -0.2) is 14.7 Å². The van der Waals surface area contributed by atoms with Crippen molar-refractivity contribution >= 4 is 33.8 Å². The van der Waals surface area contributed by atoms with Gasteiger partial charge in [-0.3, -0.25) is 9.69 Å². The molecule has 1 amide bonds. The molecular weight excluding hydrogens is 496 g/mol. The lowest BCUT2D eigenvalue weighted by atomic mass is 9.79. The van der Waals surface area contributed by atoms with Gasteiger partial charge in [-0.1, -0.05) is 19.1 Å². The van der Waals surface area contributed by atoms with Gasteiger partial charge in [0.05, 0.1) is 18.1 Å². The number of fused-ring (bicyclic) bond motifs is 1. The van der Waals surface area contributed by atoms with Crippen molar-refractivity contribution in [2.45, 2.75) is 50.3 Å². The number of hydrogen-bond donors (Lipinski definition) is 5. The largest absolute Gasteiger partial charge is 0.508 e. The summed E-state index contributed by atoms with van der Waals surface area (Å²) in [5.41, 5.74) is 0.825. The second-order valence-corrected chi connectivity index (χ2v) is 12.1. The molecule has 2 saturated heterocycles. The molecule has 1 aromatic rings. The number of carboxylic acid groups (broad SMARTS) is 1. The molecule has 0 spiro atoms. The fourth-order valence-corrected chi connectivity index (χ4v) is 7.41. The molecular formula is C22H30N4O7S2. The molecule has 4 rings (SSSR count). The first-order chi connectivity index (χ1) is 16.4. The van der Waals surface area contributed by atoms with E-state index in [1.54, 1.807) is 18.2 Å². The van der Waals surface area contributed by atoms with Gasteiger partial charge in [-0.05, 0) is 31.0 Å². The van der Waals surface area contributed by atoms with Crippen molar-refractivity contribution in [2.75, 3.05) is 13.1 Å². The molecule has 0 aromatic heterocycles. The van der Waals surface area contributed by atoms with Crippen LogP contribution in [0.1, 0.15) is 25.8 Å². The Labute approximate surface area is 208 Å². The number of rotatable bonds is 9. The number of aliphatic carboxylic acids is 1. The average Bonchev–Trinajstić information content (AvgIpc) is 3.22. The minimum atomic E-state index is -3.89. The maximum Gasteiger partial charge on any atom is 0.353 e. The standard InChI is InChI=1S/C22H30N4O7S2/c1-11-18-17(12(2)27)21(29)26(18)19(22(30)31)20(11)34-16-7-14(8-24-35(23,32)33)25(10-16)9-13-4-3-5-15(28)6-13/h3-6,11-12,14,16-18,24,27-28H,7-10H2,1-2H3,(H,30,31)(H2,23,32,33)/t11-,12-,14+,16+,17-,18-/m1/s1. The topological polar surface area (TPSA) is 174 Å². The predicted octanol–water partition coefficient (Wildman–Crippen LogP) is 0.0151. The highest BCUT2D eigenvalue weighted by molar-refractivity contribution is 8.03. The summed E-state index contributed by atoms with van der Waals surface area (Å²) in [6.07, 6.45) is -0.309. The van der Waals surface area contributed by atoms with Crippen LogP contribution in [0.5, 0.6) is 5.75 Å². The highest BCUT2D eigenvalue weighted by atomic mass is 32.2. The summed E-state index contributed by atoms with van der Waals surface area (Å²) in [6, 6.07) is 6.21. The number of nitrogens with two attached hydrogens (primary N) is 1. The van der Waals surface area contributed by atoms with Gasteiger partial charge in [0.2, 0.25) is 5.91 Å². The zero-order valence-electron chi connectivity index (χ0n) is 19.4. The predicted molar refractivity (Wildman–Crippen MR) is 129 cm³/mol. The molecule has 6 atom stereocenters. The summed E-state index contributed by atoms with van der Waals surface area (Å²) in [5, 5.41) is 34.8. The molecule has 192 valence electrons. The number of phenols is 1. The number of hydrogen-bond acceptors (Lipinski definition) is 8. The van der Waals surface area contributed by atoms with Gasteiger partial charge in [-0.15, -0.1) is 11.8 Å². The van der Waals surface area contributed by atoms with Gasteiger partial charge in [0.15, 0.2) is 0 Å². The Morgan fingerprint density at radius 2 is 2.09 bits per heavy atom. The molecule has 13 heteroatoms. The number of thioether (sulfide) groups is 1. The van der Waals surface area contributed by atoms with E-state index in [0.29, 0.717) is 24.4 Å². The van der Waals surface area contributed by atoms with Crippen LogP contribution in [-0.4, -0.2) is 81.9 Å². The normalized spacial score (nSPS) is 29.9. The van der Waals surface area contributed by atoms with E-state index >= 15 is 0 Å². The van der Waals surface area contributed by atoms with Crippen molar-refractivity contribution in [3.8, 4) is 5.75 Å². The zero-order valence-corrected chi connectivity index (χ0v) is 21.0.